The lowest BCUT2D eigenvalue weighted by Crippen LogP contribution is -2.13. The summed E-state index contributed by atoms with van der Waals surface area (Å²) in [7, 11) is 0. The molecule has 27 heavy (non-hydrogen) atoms. The van der Waals surface area contributed by atoms with Gasteiger partial charge in [-0.1, -0.05) is 54.1 Å². The number of carbonyl (C=O) groups is 2. The molecule has 0 aromatic heterocycles. The lowest BCUT2D eigenvalue weighted by molar-refractivity contribution is -0.116. The molecule has 1 aliphatic carbocycles. The maximum absolute atomic E-state index is 12.5. The Kier molecular flexibility index (Phi) is 4.78. The van der Waals surface area contributed by atoms with Crippen molar-refractivity contribution in [3.8, 4) is 11.1 Å². The van der Waals surface area contributed by atoms with E-state index in [1.165, 1.54) is 22.3 Å². The molecule has 0 atom stereocenters. The molecular weight excluding hydrogens is 358 g/mol. The Morgan fingerprint density at radius 3 is 2.52 bits per heavy atom. The maximum Gasteiger partial charge on any atom is 0.224 e. The second-order valence-corrected chi connectivity index (χ2v) is 7.12. The third-order valence-corrected chi connectivity index (χ3v) is 5.04. The van der Waals surface area contributed by atoms with Crippen molar-refractivity contribution in [1.82, 2.24) is 0 Å². The highest BCUT2D eigenvalue weighted by molar-refractivity contribution is 6.30. The van der Waals surface area contributed by atoms with Crippen LogP contribution in [0.4, 0.5) is 5.69 Å². The van der Waals surface area contributed by atoms with Crippen LogP contribution in [0.25, 0.3) is 11.1 Å². The molecule has 0 spiro atoms. The van der Waals surface area contributed by atoms with Gasteiger partial charge in [0.25, 0.3) is 0 Å². The van der Waals surface area contributed by atoms with Crippen LogP contribution in [-0.4, -0.2) is 11.7 Å². The van der Waals surface area contributed by atoms with Crippen molar-refractivity contribution in [1.29, 1.82) is 0 Å². The molecule has 0 saturated carbocycles. The van der Waals surface area contributed by atoms with Crippen LogP contribution in [0.5, 0.6) is 0 Å². The number of halogens is 1. The third kappa shape index (κ3) is 3.79. The SMILES string of the molecule is O=C(CCC(=O)c1ccc2c(c1)Cc1ccccc1-2)Nc1cccc(Cl)c1. The van der Waals surface area contributed by atoms with E-state index in [2.05, 4.69) is 17.4 Å². The molecule has 1 aliphatic rings. The van der Waals surface area contributed by atoms with E-state index in [1.54, 1.807) is 24.3 Å². The Morgan fingerprint density at radius 1 is 0.852 bits per heavy atom. The molecule has 0 radical (unpaired) electrons. The van der Waals surface area contributed by atoms with Crippen LogP contribution in [0.15, 0.2) is 66.7 Å². The number of hydrogen-bond acceptors (Lipinski definition) is 2. The Morgan fingerprint density at radius 2 is 1.67 bits per heavy atom. The molecular formula is C23H18ClNO2. The number of anilines is 1. The van der Waals surface area contributed by atoms with Gasteiger partial charge >= 0.3 is 0 Å². The standard InChI is InChI=1S/C23H18ClNO2/c24-18-5-3-6-19(14-18)25-23(27)11-10-22(26)16-8-9-21-17(13-16)12-15-4-1-2-7-20(15)21/h1-9,13-14H,10-12H2,(H,25,27). The fraction of sp³-hybridized carbons (Fsp3) is 0.130. The molecule has 0 bridgehead atoms. The van der Waals surface area contributed by atoms with Crippen molar-refractivity contribution in [2.45, 2.75) is 19.3 Å². The van der Waals surface area contributed by atoms with E-state index in [4.69, 9.17) is 11.6 Å². The molecule has 0 unspecified atom stereocenters. The summed E-state index contributed by atoms with van der Waals surface area (Å²) in [6.07, 6.45) is 1.17. The van der Waals surface area contributed by atoms with Gasteiger partial charge in [-0.15, -0.1) is 0 Å². The summed E-state index contributed by atoms with van der Waals surface area (Å²) in [4.78, 5) is 24.6. The van der Waals surface area contributed by atoms with E-state index in [9.17, 15) is 9.59 Å². The van der Waals surface area contributed by atoms with Crippen molar-refractivity contribution in [2.24, 2.45) is 0 Å². The van der Waals surface area contributed by atoms with Gasteiger partial charge in [-0.3, -0.25) is 9.59 Å². The van der Waals surface area contributed by atoms with Gasteiger partial charge in [0.2, 0.25) is 5.91 Å². The fourth-order valence-corrected chi connectivity index (χ4v) is 3.67. The number of benzene rings is 3. The summed E-state index contributed by atoms with van der Waals surface area (Å²) in [5.41, 5.74) is 6.20. The summed E-state index contributed by atoms with van der Waals surface area (Å²) in [5.74, 6) is -0.214. The molecule has 3 nitrogen and oxygen atoms in total. The Labute approximate surface area is 163 Å². The van der Waals surface area contributed by atoms with Crippen LogP contribution in [0.1, 0.15) is 34.3 Å². The van der Waals surface area contributed by atoms with Crippen molar-refractivity contribution < 1.29 is 9.59 Å². The minimum atomic E-state index is -0.195. The first kappa shape index (κ1) is 17.5. The highest BCUT2D eigenvalue weighted by atomic mass is 35.5. The van der Waals surface area contributed by atoms with Gasteiger partial charge < -0.3 is 5.32 Å². The average molecular weight is 376 g/mol. The van der Waals surface area contributed by atoms with E-state index in [0.717, 1.165) is 6.42 Å². The van der Waals surface area contributed by atoms with Crippen LogP contribution < -0.4 is 5.32 Å². The number of amides is 1. The molecule has 0 aliphatic heterocycles. The first-order chi connectivity index (χ1) is 13.1. The molecule has 1 amide bonds. The van der Waals surface area contributed by atoms with Crippen LogP contribution in [0.3, 0.4) is 0 Å². The second-order valence-electron chi connectivity index (χ2n) is 6.69. The van der Waals surface area contributed by atoms with Gasteiger partial charge in [0.05, 0.1) is 0 Å². The van der Waals surface area contributed by atoms with Crippen LogP contribution in [-0.2, 0) is 11.2 Å². The fourth-order valence-electron chi connectivity index (χ4n) is 3.48. The summed E-state index contributed by atoms with van der Waals surface area (Å²) in [6, 6.07) is 21.1. The smallest absolute Gasteiger partial charge is 0.224 e. The number of carbonyl (C=O) groups excluding carboxylic acids is 2. The van der Waals surface area contributed by atoms with E-state index in [0.29, 0.717) is 16.3 Å². The van der Waals surface area contributed by atoms with Gasteiger partial charge in [0.15, 0.2) is 5.78 Å². The van der Waals surface area contributed by atoms with Crippen LogP contribution in [0.2, 0.25) is 5.02 Å². The zero-order chi connectivity index (χ0) is 18.8. The van der Waals surface area contributed by atoms with Crippen molar-refractivity contribution >= 4 is 29.0 Å². The first-order valence-corrected chi connectivity index (χ1v) is 9.28. The van der Waals surface area contributed by atoms with Crippen molar-refractivity contribution in [3.05, 3.63) is 88.4 Å². The van der Waals surface area contributed by atoms with Gasteiger partial charge in [-0.25, -0.2) is 0 Å². The van der Waals surface area contributed by atoms with Crippen LogP contribution in [0, 0.1) is 0 Å². The monoisotopic (exact) mass is 375 g/mol. The Balaban J connectivity index is 1.39. The van der Waals surface area contributed by atoms with Crippen molar-refractivity contribution in [3.63, 3.8) is 0 Å². The minimum Gasteiger partial charge on any atom is -0.326 e. The molecule has 4 heteroatoms. The molecule has 0 fully saturated rings. The molecule has 1 N–H and O–H groups in total. The number of nitrogens with one attached hydrogen (secondary N) is 1. The number of rotatable bonds is 5. The second kappa shape index (κ2) is 7.37. The van der Waals surface area contributed by atoms with E-state index >= 15 is 0 Å². The first-order valence-electron chi connectivity index (χ1n) is 8.90. The van der Waals surface area contributed by atoms with Gasteiger partial charge in [-0.05, 0) is 52.9 Å². The van der Waals surface area contributed by atoms with Gasteiger partial charge in [-0.2, -0.15) is 0 Å². The van der Waals surface area contributed by atoms with Crippen molar-refractivity contribution in [2.75, 3.05) is 5.32 Å². The molecule has 134 valence electrons. The quantitative estimate of drug-likeness (QED) is 0.467. The Bertz CT molecular complexity index is 1040. The summed E-state index contributed by atoms with van der Waals surface area (Å²) >= 11 is 5.91. The molecule has 4 rings (SSSR count). The predicted octanol–water partition coefficient (Wildman–Crippen LogP) is 5.51. The van der Waals surface area contributed by atoms with E-state index in [1.807, 2.05) is 30.3 Å². The van der Waals surface area contributed by atoms with Gasteiger partial charge in [0, 0.05) is 29.1 Å². The largest absolute Gasteiger partial charge is 0.326 e. The van der Waals surface area contributed by atoms with E-state index < -0.39 is 0 Å². The van der Waals surface area contributed by atoms with Crippen LogP contribution >= 0.6 is 11.6 Å². The lowest BCUT2D eigenvalue weighted by Gasteiger charge is -2.07. The maximum atomic E-state index is 12.5. The van der Waals surface area contributed by atoms with E-state index in [-0.39, 0.29) is 24.5 Å². The summed E-state index contributed by atoms with van der Waals surface area (Å²) in [5, 5.41) is 3.33. The Hall–Kier alpha value is -2.91. The summed E-state index contributed by atoms with van der Waals surface area (Å²) in [6.45, 7) is 0. The third-order valence-electron chi connectivity index (χ3n) is 4.80. The number of fused-ring (bicyclic) bond motifs is 3. The average Bonchev–Trinajstić information content (AvgIpc) is 3.04. The zero-order valence-corrected chi connectivity index (χ0v) is 15.4. The summed E-state index contributed by atoms with van der Waals surface area (Å²) < 4.78 is 0. The highest BCUT2D eigenvalue weighted by Gasteiger charge is 2.19. The van der Waals surface area contributed by atoms with Gasteiger partial charge in [0.1, 0.15) is 0 Å². The lowest BCUT2D eigenvalue weighted by atomic mass is 9.99. The molecule has 0 heterocycles. The minimum absolute atomic E-state index is 0.0185. The normalized spacial score (nSPS) is 11.6. The molecule has 0 saturated heterocycles. The highest BCUT2D eigenvalue weighted by Crippen LogP contribution is 2.36. The molecule has 3 aromatic carbocycles. The predicted molar refractivity (Wildman–Crippen MR) is 108 cm³/mol. The number of ketones is 1. The number of hydrogen-bond donors (Lipinski definition) is 1. The topological polar surface area (TPSA) is 46.2 Å². The zero-order valence-electron chi connectivity index (χ0n) is 14.7. The molecule has 3 aromatic rings. The number of Topliss-reactive ketones (excluding diaryl/α,β-unsaturated/α-hetero) is 1.